The molecule has 2 aromatic carbocycles. The first-order valence-electron chi connectivity index (χ1n) is 11.2. The number of alkyl halides is 2. The summed E-state index contributed by atoms with van der Waals surface area (Å²) in [5, 5.41) is 8.94. The molecule has 1 N–H and O–H groups in total. The summed E-state index contributed by atoms with van der Waals surface area (Å²) in [6.07, 6.45) is 0.928. The number of hydrogen-bond donors (Lipinski definition) is 1. The molecule has 1 aromatic heterocycles. The second-order valence-corrected chi connectivity index (χ2v) is 8.68. The van der Waals surface area contributed by atoms with E-state index in [4.69, 9.17) is 9.84 Å². The lowest BCUT2D eigenvalue weighted by molar-refractivity contribution is -0.138. The van der Waals surface area contributed by atoms with E-state index in [1.165, 1.54) is 17.0 Å². The number of anilines is 1. The monoisotopic (exact) mass is 507 g/mol. The number of carboxylic acids is 1. The Kier molecular flexibility index (Phi) is 7.09. The SMILES string of the molecule is CC(F)(F)c1cc(Oc2ccc(F)cc2)nc(-c2cc(F)c(N3CCC(CC(=O)O)CC3)c(F)c2)n1. The van der Waals surface area contributed by atoms with Gasteiger partial charge >= 0.3 is 5.97 Å². The summed E-state index contributed by atoms with van der Waals surface area (Å²) in [6.45, 7) is 1.16. The minimum Gasteiger partial charge on any atom is -0.481 e. The molecule has 36 heavy (non-hydrogen) atoms. The molecular formula is C25H22F5N3O3. The number of halogens is 5. The molecule has 3 aromatic rings. The Morgan fingerprint density at radius 3 is 2.22 bits per heavy atom. The summed E-state index contributed by atoms with van der Waals surface area (Å²) < 4.78 is 77.0. The van der Waals surface area contributed by atoms with Gasteiger partial charge in [0.25, 0.3) is 5.92 Å². The molecular weight excluding hydrogens is 485 g/mol. The fourth-order valence-electron chi connectivity index (χ4n) is 4.06. The van der Waals surface area contributed by atoms with Gasteiger partial charge in [0.05, 0.1) is 0 Å². The van der Waals surface area contributed by atoms with Crippen molar-refractivity contribution in [1.29, 1.82) is 0 Å². The van der Waals surface area contributed by atoms with Crippen molar-refractivity contribution in [3.63, 3.8) is 0 Å². The fraction of sp³-hybridized carbons (Fsp3) is 0.320. The maximum Gasteiger partial charge on any atom is 0.303 e. The Labute approximate surface area is 203 Å². The number of benzene rings is 2. The topological polar surface area (TPSA) is 75.5 Å². The van der Waals surface area contributed by atoms with Gasteiger partial charge in [-0.15, -0.1) is 0 Å². The zero-order valence-electron chi connectivity index (χ0n) is 19.1. The Balaban J connectivity index is 1.64. The molecule has 0 atom stereocenters. The first-order chi connectivity index (χ1) is 17.0. The summed E-state index contributed by atoms with van der Waals surface area (Å²) in [7, 11) is 0. The first kappa shape index (κ1) is 25.3. The highest BCUT2D eigenvalue weighted by atomic mass is 19.3. The van der Waals surface area contributed by atoms with Crippen molar-refractivity contribution < 1.29 is 36.6 Å². The zero-order valence-corrected chi connectivity index (χ0v) is 19.1. The quantitative estimate of drug-likeness (QED) is 0.387. The highest BCUT2D eigenvalue weighted by molar-refractivity contribution is 5.67. The maximum absolute atomic E-state index is 15.1. The van der Waals surface area contributed by atoms with Crippen LogP contribution in [-0.4, -0.2) is 34.1 Å². The highest BCUT2D eigenvalue weighted by Gasteiger charge is 2.30. The number of carboxylic acid groups (broad SMARTS) is 1. The Hall–Kier alpha value is -3.76. The summed E-state index contributed by atoms with van der Waals surface area (Å²) in [5.41, 5.74) is -1.19. The third-order valence-corrected chi connectivity index (χ3v) is 5.86. The number of nitrogens with zero attached hydrogens (tertiary/aromatic N) is 3. The van der Waals surface area contributed by atoms with Gasteiger partial charge in [0.15, 0.2) is 5.82 Å². The molecule has 0 spiro atoms. The van der Waals surface area contributed by atoms with Gasteiger partial charge < -0.3 is 14.7 Å². The van der Waals surface area contributed by atoms with E-state index >= 15 is 8.78 Å². The van der Waals surface area contributed by atoms with Crippen molar-refractivity contribution in [3.8, 4) is 23.0 Å². The highest BCUT2D eigenvalue weighted by Crippen LogP contribution is 2.35. The van der Waals surface area contributed by atoms with Crippen molar-refractivity contribution in [2.45, 2.75) is 32.1 Å². The molecule has 11 heteroatoms. The summed E-state index contributed by atoms with van der Waals surface area (Å²) >= 11 is 0. The van der Waals surface area contributed by atoms with Crippen molar-refractivity contribution in [2.75, 3.05) is 18.0 Å². The molecule has 0 saturated carbocycles. The van der Waals surface area contributed by atoms with Crippen molar-refractivity contribution in [3.05, 3.63) is 65.6 Å². The third-order valence-electron chi connectivity index (χ3n) is 5.86. The minimum atomic E-state index is -3.41. The normalized spacial score (nSPS) is 14.7. The first-order valence-corrected chi connectivity index (χ1v) is 11.2. The van der Waals surface area contributed by atoms with Crippen LogP contribution in [0.4, 0.5) is 27.6 Å². The smallest absolute Gasteiger partial charge is 0.303 e. The average Bonchev–Trinajstić information content (AvgIpc) is 2.80. The van der Waals surface area contributed by atoms with Crippen LogP contribution < -0.4 is 9.64 Å². The predicted octanol–water partition coefficient (Wildman–Crippen LogP) is 6.16. The van der Waals surface area contributed by atoms with Gasteiger partial charge in [-0.1, -0.05) is 0 Å². The van der Waals surface area contributed by atoms with Crippen LogP contribution in [0.5, 0.6) is 11.6 Å². The molecule has 1 saturated heterocycles. The largest absolute Gasteiger partial charge is 0.481 e. The van der Waals surface area contributed by atoms with E-state index in [0.717, 1.165) is 30.3 Å². The predicted molar refractivity (Wildman–Crippen MR) is 121 cm³/mol. The van der Waals surface area contributed by atoms with Crippen molar-refractivity contribution >= 4 is 11.7 Å². The van der Waals surface area contributed by atoms with Crippen LogP contribution in [0.15, 0.2) is 42.5 Å². The third kappa shape index (κ3) is 5.89. The van der Waals surface area contributed by atoms with Gasteiger partial charge in [-0.3, -0.25) is 4.79 Å². The molecule has 2 heterocycles. The second-order valence-electron chi connectivity index (χ2n) is 8.68. The lowest BCUT2D eigenvalue weighted by atomic mass is 9.93. The lowest BCUT2D eigenvalue weighted by Crippen LogP contribution is -2.35. The minimum absolute atomic E-state index is 0.00416. The van der Waals surface area contributed by atoms with Gasteiger partial charge in [-0.2, -0.15) is 13.8 Å². The lowest BCUT2D eigenvalue weighted by Gasteiger charge is -2.33. The number of piperidine rings is 1. The number of aromatic nitrogens is 2. The van der Waals surface area contributed by atoms with Crippen LogP contribution in [0.2, 0.25) is 0 Å². The molecule has 190 valence electrons. The summed E-state index contributed by atoms with van der Waals surface area (Å²) in [4.78, 5) is 20.2. The number of aliphatic carboxylic acids is 1. The molecule has 0 amide bonds. The molecule has 0 unspecified atom stereocenters. The van der Waals surface area contributed by atoms with Gasteiger partial charge in [0.1, 0.15) is 34.6 Å². The number of hydrogen-bond acceptors (Lipinski definition) is 5. The molecule has 0 bridgehead atoms. The van der Waals surface area contributed by atoms with Crippen LogP contribution >= 0.6 is 0 Å². The molecule has 1 aliphatic rings. The van der Waals surface area contributed by atoms with Crippen LogP contribution in [0, 0.1) is 23.4 Å². The van der Waals surface area contributed by atoms with E-state index in [2.05, 4.69) is 9.97 Å². The van der Waals surface area contributed by atoms with Gasteiger partial charge in [0, 0.05) is 38.1 Å². The van der Waals surface area contributed by atoms with E-state index in [-0.39, 0.29) is 54.1 Å². The maximum atomic E-state index is 15.1. The van der Waals surface area contributed by atoms with Crippen LogP contribution in [-0.2, 0) is 10.7 Å². The Bertz CT molecular complexity index is 1230. The molecule has 1 aliphatic heterocycles. The van der Waals surface area contributed by atoms with E-state index in [1.807, 2.05) is 0 Å². The van der Waals surface area contributed by atoms with Crippen molar-refractivity contribution in [2.24, 2.45) is 5.92 Å². The second kappa shape index (κ2) is 10.1. The summed E-state index contributed by atoms with van der Waals surface area (Å²) in [5.74, 6) is -7.36. The average molecular weight is 507 g/mol. The summed E-state index contributed by atoms with van der Waals surface area (Å²) in [6, 6.07) is 7.58. The number of ether oxygens (including phenoxy) is 1. The van der Waals surface area contributed by atoms with Crippen molar-refractivity contribution in [1.82, 2.24) is 9.97 Å². The van der Waals surface area contributed by atoms with E-state index in [1.54, 1.807) is 0 Å². The van der Waals surface area contributed by atoms with E-state index in [9.17, 15) is 18.0 Å². The zero-order chi connectivity index (χ0) is 26.0. The molecule has 0 aliphatic carbocycles. The molecule has 1 fully saturated rings. The number of rotatable bonds is 7. The fourth-order valence-corrected chi connectivity index (χ4v) is 4.06. The molecule has 0 radical (unpaired) electrons. The van der Waals surface area contributed by atoms with E-state index in [0.29, 0.717) is 19.8 Å². The Morgan fingerprint density at radius 2 is 1.67 bits per heavy atom. The molecule has 6 nitrogen and oxygen atoms in total. The van der Waals surface area contributed by atoms with Crippen LogP contribution in [0.1, 0.15) is 31.9 Å². The standard InChI is InChI=1S/C25H22F5N3O3/c1-25(29,30)20-13-21(36-17-4-2-16(26)3-5-17)32-24(31-20)15-11-18(27)23(19(28)12-15)33-8-6-14(7-9-33)10-22(34)35/h2-5,11-14H,6-10H2,1H3,(H,34,35). The van der Waals surface area contributed by atoms with Gasteiger partial charge in [-0.05, 0) is 55.2 Å². The number of carbonyl (C=O) groups is 1. The van der Waals surface area contributed by atoms with Gasteiger partial charge in [-0.25, -0.2) is 18.2 Å². The molecule has 4 rings (SSSR count). The van der Waals surface area contributed by atoms with E-state index < -0.39 is 35.0 Å². The van der Waals surface area contributed by atoms with Crippen LogP contribution in [0.25, 0.3) is 11.4 Å². The van der Waals surface area contributed by atoms with Gasteiger partial charge in [0.2, 0.25) is 5.88 Å². The Morgan fingerprint density at radius 1 is 1.06 bits per heavy atom. The van der Waals surface area contributed by atoms with Crippen LogP contribution in [0.3, 0.4) is 0 Å².